The molecule has 11 heteroatoms. The first-order valence-electron chi connectivity index (χ1n) is 9.89. The molecule has 1 fully saturated rings. The summed E-state index contributed by atoms with van der Waals surface area (Å²) >= 11 is 1.57. The number of carbonyl (C=O) groups excluding carboxylic acids is 1. The molecule has 31 heavy (non-hydrogen) atoms. The van der Waals surface area contributed by atoms with Gasteiger partial charge in [-0.1, -0.05) is 0 Å². The van der Waals surface area contributed by atoms with Gasteiger partial charge in [0.2, 0.25) is 15.9 Å². The highest BCUT2D eigenvalue weighted by Crippen LogP contribution is 2.18. The maximum atomic E-state index is 13.2. The topological polar surface area (TPSA) is 105 Å². The minimum atomic E-state index is -3.84. The largest absolute Gasteiger partial charge is 0.497 e. The number of hydrogen-bond acceptors (Lipinski definition) is 8. The number of nitrogens with one attached hydrogen (secondary N) is 1. The van der Waals surface area contributed by atoms with Crippen LogP contribution in [0, 0.1) is 0 Å². The number of ether oxygens (including phenoxy) is 1. The fourth-order valence-electron chi connectivity index (χ4n) is 3.31. The number of carbonyl (C=O) groups is 1. The smallest absolute Gasteiger partial charge is 0.241 e. The van der Waals surface area contributed by atoms with Gasteiger partial charge < -0.3 is 14.5 Å². The molecule has 3 rings (SSSR count). The average Bonchev–Trinajstić information content (AvgIpc) is 2.82. The Hall–Kier alpha value is -2.37. The van der Waals surface area contributed by atoms with Crippen LogP contribution in [0.2, 0.25) is 0 Å². The average molecular weight is 466 g/mol. The molecule has 2 heterocycles. The molecule has 1 aromatic carbocycles. The van der Waals surface area contributed by atoms with Crippen molar-refractivity contribution in [2.45, 2.75) is 17.4 Å². The zero-order valence-corrected chi connectivity index (χ0v) is 19.2. The van der Waals surface area contributed by atoms with Gasteiger partial charge >= 0.3 is 0 Å². The predicted octanol–water partition coefficient (Wildman–Crippen LogP) is 1.23. The van der Waals surface area contributed by atoms with Gasteiger partial charge in [0.05, 0.1) is 18.2 Å². The maximum absolute atomic E-state index is 13.2. The summed E-state index contributed by atoms with van der Waals surface area (Å²) in [5.74, 6) is 1.80. The molecule has 2 aromatic rings. The molecule has 0 saturated carbocycles. The van der Waals surface area contributed by atoms with Crippen LogP contribution in [0.15, 0.2) is 47.8 Å². The van der Waals surface area contributed by atoms with Gasteiger partial charge in [0, 0.05) is 38.6 Å². The number of thioether (sulfide) groups is 1. The summed E-state index contributed by atoms with van der Waals surface area (Å²) in [7, 11) is -2.33. The Labute approximate surface area is 187 Å². The van der Waals surface area contributed by atoms with E-state index in [0.717, 1.165) is 5.82 Å². The third kappa shape index (κ3) is 6.08. The Morgan fingerprint density at radius 2 is 1.90 bits per heavy atom. The number of methoxy groups -OCH3 is 1. The normalized spacial score (nSPS) is 15.5. The van der Waals surface area contributed by atoms with E-state index in [4.69, 9.17) is 4.74 Å². The van der Waals surface area contributed by atoms with E-state index in [1.807, 2.05) is 6.26 Å². The fraction of sp³-hybridized carbons (Fsp3) is 0.450. The number of hydrogen-bond donors (Lipinski definition) is 1. The molecule has 1 aliphatic heterocycles. The number of piperazine rings is 1. The minimum Gasteiger partial charge on any atom is -0.497 e. The highest BCUT2D eigenvalue weighted by atomic mass is 32.2. The van der Waals surface area contributed by atoms with E-state index in [1.165, 1.54) is 19.2 Å². The lowest BCUT2D eigenvalue weighted by molar-refractivity contribution is -0.133. The van der Waals surface area contributed by atoms with E-state index in [-0.39, 0.29) is 10.8 Å². The summed E-state index contributed by atoms with van der Waals surface area (Å²) in [6, 6.07) is 5.29. The highest BCUT2D eigenvalue weighted by Gasteiger charge is 2.31. The van der Waals surface area contributed by atoms with E-state index >= 15 is 0 Å². The summed E-state index contributed by atoms with van der Waals surface area (Å²) < 4.78 is 33.4. The number of anilines is 1. The van der Waals surface area contributed by atoms with Gasteiger partial charge in [0.15, 0.2) is 0 Å². The first-order chi connectivity index (χ1) is 14.9. The molecule has 1 aromatic heterocycles. The van der Waals surface area contributed by atoms with Crippen LogP contribution in [0.1, 0.15) is 6.42 Å². The number of aromatic nitrogens is 2. The van der Waals surface area contributed by atoms with E-state index in [2.05, 4.69) is 19.6 Å². The molecule has 1 unspecified atom stereocenters. The first kappa shape index (κ1) is 23.3. The van der Waals surface area contributed by atoms with E-state index < -0.39 is 16.1 Å². The molecule has 1 saturated heterocycles. The van der Waals surface area contributed by atoms with Crippen LogP contribution < -0.4 is 14.4 Å². The van der Waals surface area contributed by atoms with Crippen molar-refractivity contribution in [3.63, 3.8) is 0 Å². The molecule has 1 aliphatic rings. The second-order valence-corrected chi connectivity index (χ2v) is 9.71. The number of nitrogens with zero attached hydrogens (tertiary/aromatic N) is 4. The molecule has 168 valence electrons. The van der Waals surface area contributed by atoms with Gasteiger partial charge in [-0.05, 0) is 42.7 Å². The number of amides is 1. The molecule has 1 amide bonds. The number of benzene rings is 1. The molecule has 9 nitrogen and oxygen atoms in total. The van der Waals surface area contributed by atoms with Crippen LogP contribution >= 0.6 is 11.8 Å². The number of rotatable bonds is 9. The molecule has 0 aliphatic carbocycles. The second-order valence-electron chi connectivity index (χ2n) is 7.01. The Morgan fingerprint density at radius 3 is 2.48 bits per heavy atom. The van der Waals surface area contributed by atoms with Crippen LogP contribution in [0.5, 0.6) is 5.75 Å². The quantitative estimate of drug-likeness (QED) is 0.590. The Kier molecular flexibility index (Phi) is 8.10. The lowest BCUT2D eigenvalue weighted by atomic mass is 10.2. The molecular formula is C20H27N5O4S2. The van der Waals surface area contributed by atoms with Gasteiger partial charge in [0.1, 0.15) is 17.6 Å². The van der Waals surface area contributed by atoms with Crippen molar-refractivity contribution in [3.8, 4) is 5.75 Å². The maximum Gasteiger partial charge on any atom is 0.241 e. The monoisotopic (exact) mass is 465 g/mol. The van der Waals surface area contributed by atoms with Crippen LogP contribution in [0.4, 0.5) is 5.82 Å². The second kappa shape index (κ2) is 10.8. The van der Waals surface area contributed by atoms with Crippen molar-refractivity contribution >= 4 is 33.5 Å². The summed E-state index contributed by atoms with van der Waals surface area (Å²) in [5.41, 5.74) is 0. The van der Waals surface area contributed by atoms with Crippen molar-refractivity contribution in [1.82, 2.24) is 19.6 Å². The van der Waals surface area contributed by atoms with E-state index in [9.17, 15) is 13.2 Å². The van der Waals surface area contributed by atoms with Crippen molar-refractivity contribution < 1.29 is 17.9 Å². The molecular weight excluding hydrogens is 438 g/mol. The lowest BCUT2D eigenvalue weighted by Crippen LogP contribution is -2.55. The third-order valence-corrected chi connectivity index (χ3v) is 7.17. The zero-order chi connectivity index (χ0) is 22.3. The SMILES string of the molecule is COc1ccc(S(=O)(=O)NC(CCSC)C(=O)N2CCN(c3cnccn3)CC2)cc1. The van der Waals surface area contributed by atoms with E-state index in [1.54, 1.807) is 47.4 Å². The van der Waals surface area contributed by atoms with Gasteiger partial charge in [-0.15, -0.1) is 0 Å². The third-order valence-electron chi connectivity index (χ3n) is 5.04. The number of sulfonamides is 1. The summed E-state index contributed by atoms with van der Waals surface area (Å²) in [4.78, 5) is 25.4. The predicted molar refractivity (Wildman–Crippen MR) is 121 cm³/mol. The lowest BCUT2D eigenvalue weighted by Gasteiger charge is -2.36. The minimum absolute atomic E-state index is 0.0997. The standard InChI is InChI=1S/C20H27N5O4S2/c1-29-16-3-5-17(6-4-16)31(27,28)23-18(7-14-30-2)20(26)25-12-10-24(11-13-25)19-15-21-8-9-22-19/h3-6,8-9,15,18,23H,7,10-14H2,1-2H3. The van der Waals surface area contributed by atoms with Crippen molar-refractivity contribution in [2.24, 2.45) is 0 Å². The summed E-state index contributed by atoms with van der Waals surface area (Å²) in [5, 5.41) is 0. The Morgan fingerprint density at radius 1 is 1.19 bits per heavy atom. The Bertz CT molecular complexity index is 949. The Balaban J connectivity index is 1.67. The van der Waals surface area contributed by atoms with Gasteiger partial charge in [0.25, 0.3) is 0 Å². The van der Waals surface area contributed by atoms with Crippen LogP contribution in [0.25, 0.3) is 0 Å². The molecule has 0 radical (unpaired) electrons. The summed E-state index contributed by atoms with van der Waals surface area (Å²) in [6.07, 6.45) is 7.30. The van der Waals surface area contributed by atoms with Gasteiger partial charge in [-0.2, -0.15) is 16.5 Å². The van der Waals surface area contributed by atoms with E-state index in [0.29, 0.717) is 44.1 Å². The van der Waals surface area contributed by atoms with Crippen molar-refractivity contribution in [1.29, 1.82) is 0 Å². The van der Waals surface area contributed by atoms with Gasteiger partial charge in [-0.25, -0.2) is 13.4 Å². The molecule has 1 atom stereocenters. The summed E-state index contributed by atoms with van der Waals surface area (Å²) in [6.45, 7) is 2.22. The van der Waals surface area contributed by atoms with Gasteiger partial charge in [-0.3, -0.25) is 9.78 Å². The van der Waals surface area contributed by atoms with Crippen molar-refractivity contribution in [3.05, 3.63) is 42.9 Å². The first-order valence-corrected chi connectivity index (χ1v) is 12.8. The van der Waals surface area contributed by atoms with Crippen LogP contribution in [0.3, 0.4) is 0 Å². The van der Waals surface area contributed by atoms with Crippen LogP contribution in [-0.2, 0) is 14.8 Å². The molecule has 1 N–H and O–H groups in total. The molecule has 0 spiro atoms. The zero-order valence-electron chi connectivity index (χ0n) is 17.6. The van der Waals surface area contributed by atoms with Crippen molar-refractivity contribution in [2.75, 3.05) is 50.2 Å². The highest BCUT2D eigenvalue weighted by molar-refractivity contribution is 7.98. The molecule has 0 bridgehead atoms. The van der Waals surface area contributed by atoms with Crippen LogP contribution in [-0.4, -0.2) is 80.5 Å². The fourth-order valence-corrected chi connectivity index (χ4v) is 5.00.